The van der Waals surface area contributed by atoms with Crippen LogP contribution in [0.2, 0.25) is 0 Å². The lowest BCUT2D eigenvalue weighted by Crippen LogP contribution is -2.29. The number of nitrogens with two attached hydrogens (primary N) is 1. The molecule has 0 atom stereocenters. The average Bonchev–Trinajstić information content (AvgIpc) is 3.05. The molecule has 2 rings (SSSR count). The molecule has 0 saturated carbocycles. The fourth-order valence-electron chi connectivity index (χ4n) is 2.17. The quantitative estimate of drug-likeness (QED) is 0.624. The van der Waals surface area contributed by atoms with Gasteiger partial charge in [-0.15, -0.1) is 11.8 Å². The molecule has 1 aliphatic heterocycles. The van der Waals surface area contributed by atoms with Gasteiger partial charge < -0.3 is 15.4 Å². The molecule has 118 valence electrons. The predicted molar refractivity (Wildman–Crippen MR) is 82.5 cm³/mol. The third kappa shape index (κ3) is 4.49. The molecule has 0 aliphatic carbocycles. The molecule has 1 heterocycles. The van der Waals surface area contributed by atoms with Gasteiger partial charge in [0.2, 0.25) is 5.91 Å². The van der Waals surface area contributed by atoms with E-state index in [0.717, 1.165) is 25.9 Å². The zero-order valence-electron chi connectivity index (χ0n) is 12.1. The van der Waals surface area contributed by atoms with Crippen LogP contribution in [0.15, 0.2) is 29.2 Å². The van der Waals surface area contributed by atoms with Crippen LogP contribution in [0.1, 0.15) is 23.2 Å². The summed E-state index contributed by atoms with van der Waals surface area (Å²) in [6, 6.07) is 6.84. The number of hydrogen-bond acceptors (Lipinski definition) is 5. The summed E-state index contributed by atoms with van der Waals surface area (Å²) in [4.78, 5) is 37.1. The molecule has 0 unspecified atom stereocenters. The van der Waals surface area contributed by atoms with Crippen LogP contribution in [0.5, 0.6) is 0 Å². The minimum atomic E-state index is -0.706. The Bertz CT molecular complexity index is 570. The second-order valence-electron chi connectivity index (χ2n) is 4.92. The zero-order chi connectivity index (χ0) is 15.9. The SMILES string of the molecule is NC(=O)COC(=O)c1ccccc1SCC(=O)N1CCCC1. The lowest BCUT2D eigenvalue weighted by molar-refractivity contribution is -0.127. The van der Waals surface area contributed by atoms with Gasteiger partial charge >= 0.3 is 5.97 Å². The number of nitrogens with zero attached hydrogens (tertiary/aromatic N) is 1. The van der Waals surface area contributed by atoms with E-state index in [1.807, 2.05) is 4.90 Å². The van der Waals surface area contributed by atoms with E-state index in [2.05, 4.69) is 0 Å². The molecule has 7 heteroatoms. The van der Waals surface area contributed by atoms with Crippen molar-refractivity contribution in [2.45, 2.75) is 17.7 Å². The Morgan fingerprint density at radius 1 is 1.18 bits per heavy atom. The summed E-state index contributed by atoms with van der Waals surface area (Å²) >= 11 is 1.30. The van der Waals surface area contributed by atoms with Gasteiger partial charge in [0.1, 0.15) is 0 Å². The van der Waals surface area contributed by atoms with E-state index in [0.29, 0.717) is 10.5 Å². The van der Waals surface area contributed by atoms with E-state index in [1.165, 1.54) is 11.8 Å². The highest BCUT2D eigenvalue weighted by molar-refractivity contribution is 8.00. The Labute approximate surface area is 133 Å². The maximum atomic E-state index is 12.0. The Morgan fingerprint density at radius 3 is 2.55 bits per heavy atom. The summed E-state index contributed by atoms with van der Waals surface area (Å²) in [5, 5.41) is 0. The van der Waals surface area contributed by atoms with Gasteiger partial charge in [-0.1, -0.05) is 12.1 Å². The van der Waals surface area contributed by atoms with E-state index in [1.54, 1.807) is 24.3 Å². The summed E-state index contributed by atoms with van der Waals surface area (Å²) in [5.41, 5.74) is 5.29. The maximum Gasteiger partial charge on any atom is 0.339 e. The fraction of sp³-hybridized carbons (Fsp3) is 0.400. The minimum absolute atomic E-state index is 0.0720. The average molecular weight is 322 g/mol. The fourth-order valence-corrected chi connectivity index (χ4v) is 3.12. The molecule has 1 aromatic carbocycles. The Balaban J connectivity index is 1.97. The monoisotopic (exact) mass is 322 g/mol. The molecule has 0 spiro atoms. The summed E-state index contributed by atoms with van der Waals surface area (Å²) in [6.07, 6.45) is 2.10. The van der Waals surface area contributed by atoms with Crippen molar-refractivity contribution in [1.82, 2.24) is 4.90 Å². The van der Waals surface area contributed by atoms with Crippen LogP contribution >= 0.6 is 11.8 Å². The normalized spacial score (nSPS) is 13.9. The molecule has 1 fully saturated rings. The number of likely N-dealkylation sites (tertiary alicyclic amines) is 1. The van der Waals surface area contributed by atoms with Gasteiger partial charge in [-0.3, -0.25) is 9.59 Å². The first kappa shape index (κ1) is 16.4. The zero-order valence-corrected chi connectivity index (χ0v) is 12.9. The van der Waals surface area contributed by atoms with Crippen LogP contribution in [0.4, 0.5) is 0 Å². The largest absolute Gasteiger partial charge is 0.452 e. The molecule has 22 heavy (non-hydrogen) atoms. The van der Waals surface area contributed by atoms with Crippen LogP contribution in [0, 0.1) is 0 Å². The Morgan fingerprint density at radius 2 is 1.86 bits per heavy atom. The van der Waals surface area contributed by atoms with E-state index in [4.69, 9.17) is 10.5 Å². The number of rotatable bonds is 6. The summed E-state index contributed by atoms with van der Waals surface area (Å²) < 4.78 is 4.81. The molecular weight excluding hydrogens is 304 g/mol. The molecular formula is C15H18N2O4S. The van der Waals surface area contributed by atoms with Gasteiger partial charge in [0.15, 0.2) is 6.61 Å². The lowest BCUT2D eigenvalue weighted by atomic mass is 10.2. The van der Waals surface area contributed by atoms with E-state index < -0.39 is 18.5 Å². The van der Waals surface area contributed by atoms with Crippen LogP contribution in [0.3, 0.4) is 0 Å². The van der Waals surface area contributed by atoms with Crippen LogP contribution in [0.25, 0.3) is 0 Å². The number of carbonyl (C=O) groups excluding carboxylic acids is 3. The minimum Gasteiger partial charge on any atom is -0.452 e. The highest BCUT2D eigenvalue weighted by Gasteiger charge is 2.19. The maximum absolute atomic E-state index is 12.0. The van der Waals surface area contributed by atoms with Crippen molar-refractivity contribution in [2.75, 3.05) is 25.4 Å². The lowest BCUT2D eigenvalue weighted by Gasteiger charge is -2.15. The van der Waals surface area contributed by atoms with Gasteiger partial charge in [-0.25, -0.2) is 4.79 Å². The van der Waals surface area contributed by atoms with Gasteiger partial charge in [-0.05, 0) is 25.0 Å². The first-order chi connectivity index (χ1) is 10.6. The van der Waals surface area contributed by atoms with Crippen LogP contribution < -0.4 is 5.73 Å². The number of carbonyl (C=O) groups is 3. The van der Waals surface area contributed by atoms with Crippen LogP contribution in [-0.2, 0) is 14.3 Å². The Hall–Kier alpha value is -2.02. The van der Waals surface area contributed by atoms with Crippen molar-refractivity contribution in [3.63, 3.8) is 0 Å². The third-order valence-corrected chi connectivity index (χ3v) is 4.32. The van der Waals surface area contributed by atoms with Crippen molar-refractivity contribution in [1.29, 1.82) is 0 Å². The van der Waals surface area contributed by atoms with Crippen LogP contribution in [-0.4, -0.2) is 48.1 Å². The number of benzene rings is 1. The van der Waals surface area contributed by atoms with E-state index in [-0.39, 0.29) is 11.7 Å². The summed E-state index contributed by atoms with van der Waals surface area (Å²) in [7, 11) is 0. The van der Waals surface area contributed by atoms with Crippen molar-refractivity contribution in [3.8, 4) is 0 Å². The summed E-state index contributed by atoms with van der Waals surface area (Å²) in [5.74, 6) is -0.971. The van der Waals surface area contributed by atoms with Gasteiger partial charge in [0, 0.05) is 18.0 Å². The van der Waals surface area contributed by atoms with Crippen molar-refractivity contribution in [2.24, 2.45) is 5.73 Å². The third-order valence-electron chi connectivity index (χ3n) is 3.26. The standard InChI is InChI=1S/C15H18N2O4S/c16-13(18)9-21-15(20)11-5-1-2-6-12(11)22-10-14(19)17-7-3-4-8-17/h1-2,5-6H,3-4,7-10H2,(H2,16,18). The molecule has 1 aliphatic rings. The highest BCUT2D eigenvalue weighted by atomic mass is 32.2. The topological polar surface area (TPSA) is 89.7 Å². The number of ether oxygens (including phenoxy) is 1. The number of amides is 2. The van der Waals surface area contributed by atoms with Crippen molar-refractivity contribution < 1.29 is 19.1 Å². The number of thioether (sulfide) groups is 1. The first-order valence-electron chi connectivity index (χ1n) is 7.03. The van der Waals surface area contributed by atoms with Gasteiger partial charge in [0.25, 0.3) is 5.91 Å². The Kier molecular flexibility index (Phi) is 5.83. The number of esters is 1. The molecule has 1 saturated heterocycles. The molecule has 0 aromatic heterocycles. The smallest absolute Gasteiger partial charge is 0.339 e. The molecule has 0 radical (unpaired) electrons. The predicted octanol–water partition coefficient (Wildman–Crippen LogP) is 1.04. The number of hydrogen-bond donors (Lipinski definition) is 1. The number of primary amides is 1. The van der Waals surface area contributed by atoms with E-state index in [9.17, 15) is 14.4 Å². The summed E-state index contributed by atoms with van der Waals surface area (Å²) in [6.45, 7) is 1.16. The van der Waals surface area contributed by atoms with Crippen molar-refractivity contribution in [3.05, 3.63) is 29.8 Å². The van der Waals surface area contributed by atoms with Crippen molar-refractivity contribution >= 4 is 29.5 Å². The molecule has 0 bridgehead atoms. The second kappa shape index (κ2) is 7.84. The van der Waals surface area contributed by atoms with Gasteiger partial charge in [-0.2, -0.15) is 0 Å². The van der Waals surface area contributed by atoms with Gasteiger partial charge in [0.05, 0.1) is 11.3 Å². The van der Waals surface area contributed by atoms with E-state index >= 15 is 0 Å². The second-order valence-corrected chi connectivity index (χ2v) is 5.93. The first-order valence-corrected chi connectivity index (χ1v) is 8.01. The molecule has 6 nitrogen and oxygen atoms in total. The molecule has 2 amide bonds. The highest BCUT2D eigenvalue weighted by Crippen LogP contribution is 2.24. The molecule has 2 N–H and O–H groups in total. The molecule has 1 aromatic rings.